The lowest BCUT2D eigenvalue weighted by Gasteiger charge is -2.34. The van der Waals surface area contributed by atoms with Crippen LogP contribution in [-0.2, 0) is 0 Å². The number of rotatable bonds is 9. The maximum Gasteiger partial charge on any atom is 0.228 e. The first kappa shape index (κ1) is 27.9. The third-order valence-corrected chi connectivity index (χ3v) is 8.16. The van der Waals surface area contributed by atoms with Gasteiger partial charge in [-0.25, -0.2) is 9.97 Å². The van der Waals surface area contributed by atoms with E-state index in [0.717, 1.165) is 67.8 Å². The molecule has 2 N–H and O–H groups in total. The molecule has 0 unspecified atom stereocenters. The molecule has 2 aromatic carbocycles. The summed E-state index contributed by atoms with van der Waals surface area (Å²) in [6.45, 7) is 4.89. The Balaban J connectivity index is 1.36. The monoisotopic (exact) mass is 574 g/mol. The van der Waals surface area contributed by atoms with Crippen molar-refractivity contribution in [3.8, 4) is 22.9 Å². The van der Waals surface area contributed by atoms with Crippen molar-refractivity contribution in [2.45, 2.75) is 18.9 Å². The number of imidazole rings is 1. The van der Waals surface area contributed by atoms with Gasteiger partial charge < -0.3 is 43.9 Å². The van der Waals surface area contributed by atoms with Gasteiger partial charge in [-0.3, -0.25) is 0 Å². The SMILES string of the molecule is COc1cc(-n2cnc(Nc3nc(N4CCC[C@@H]4CO)nc4cc(N5CCN(C)CC5)ccc34)c2)cc(OC)c1OC. The number of fused-ring (bicyclic) bond motifs is 1. The number of nitrogens with zero attached hydrogens (tertiary/aromatic N) is 7. The predicted octanol–water partition coefficient (Wildman–Crippen LogP) is 3.30. The Labute approximate surface area is 245 Å². The molecule has 12 nitrogen and oxygen atoms in total. The van der Waals surface area contributed by atoms with E-state index >= 15 is 0 Å². The van der Waals surface area contributed by atoms with Crippen LogP contribution in [0.15, 0.2) is 42.9 Å². The molecule has 0 bridgehead atoms. The van der Waals surface area contributed by atoms with Crippen molar-refractivity contribution >= 4 is 34.2 Å². The van der Waals surface area contributed by atoms with Gasteiger partial charge in [-0.05, 0) is 38.1 Å². The van der Waals surface area contributed by atoms with E-state index in [-0.39, 0.29) is 12.6 Å². The summed E-state index contributed by atoms with van der Waals surface area (Å²) in [5.74, 6) is 3.54. The second kappa shape index (κ2) is 11.9. The molecule has 4 heterocycles. The van der Waals surface area contributed by atoms with Gasteiger partial charge in [-0.1, -0.05) is 0 Å². The zero-order chi connectivity index (χ0) is 29.2. The highest BCUT2D eigenvalue weighted by atomic mass is 16.5. The fourth-order valence-corrected chi connectivity index (χ4v) is 5.75. The Bertz CT molecular complexity index is 1530. The second-order valence-electron chi connectivity index (χ2n) is 10.7. The van der Waals surface area contributed by atoms with Crippen LogP contribution in [0.1, 0.15) is 12.8 Å². The molecule has 2 saturated heterocycles. The summed E-state index contributed by atoms with van der Waals surface area (Å²) in [6, 6.07) is 10.1. The molecule has 2 aromatic heterocycles. The van der Waals surface area contributed by atoms with Crippen LogP contribution in [0, 0.1) is 0 Å². The van der Waals surface area contributed by atoms with Gasteiger partial charge in [0.15, 0.2) is 11.5 Å². The van der Waals surface area contributed by atoms with Crippen LogP contribution in [0.5, 0.6) is 17.2 Å². The first-order valence-corrected chi connectivity index (χ1v) is 14.3. The van der Waals surface area contributed by atoms with Crippen molar-refractivity contribution in [3.63, 3.8) is 0 Å². The van der Waals surface area contributed by atoms with E-state index in [4.69, 9.17) is 24.2 Å². The summed E-state index contributed by atoms with van der Waals surface area (Å²) in [4.78, 5) is 21.4. The van der Waals surface area contributed by atoms with Gasteiger partial charge in [0, 0.05) is 55.9 Å². The van der Waals surface area contributed by atoms with Gasteiger partial charge in [0.2, 0.25) is 11.7 Å². The van der Waals surface area contributed by atoms with E-state index in [1.165, 1.54) is 0 Å². The number of methoxy groups -OCH3 is 3. The number of hydrogen-bond acceptors (Lipinski definition) is 11. The number of piperazine rings is 1. The lowest BCUT2D eigenvalue weighted by atomic mass is 10.1. The highest BCUT2D eigenvalue weighted by Gasteiger charge is 2.27. The Kier molecular flexibility index (Phi) is 7.90. The van der Waals surface area contributed by atoms with E-state index in [0.29, 0.717) is 34.8 Å². The summed E-state index contributed by atoms with van der Waals surface area (Å²) in [7, 11) is 6.93. The highest BCUT2D eigenvalue weighted by molar-refractivity contribution is 5.93. The Hall–Kier alpha value is -4.29. The topological polar surface area (TPSA) is 113 Å². The number of aliphatic hydroxyl groups is 1. The molecule has 0 aliphatic carbocycles. The molecule has 0 saturated carbocycles. The van der Waals surface area contributed by atoms with Crippen LogP contribution in [0.3, 0.4) is 0 Å². The van der Waals surface area contributed by atoms with Gasteiger partial charge in [0.25, 0.3) is 0 Å². The molecule has 2 fully saturated rings. The van der Waals surface area contributed by atoms with Gasteiger partial charge >= 0.3 is 0 Å². The number of likely N-dealkylation sites (N-methyl/N-ethyl adjacent to an activating group) is 1. The maximum absolute atomic E-state index is 10.0. The maximum atomic E-state index is 10.0. The molecular weight excluding hydrogens is 536 g/mol. The number of nitrogens with one attached hydrogen (secondary N) is 1. The number of anilines is 4. The van der Waals surface area contributed by atoms with Crippen LogP contribution in [0.25, 0.3) is 16.6 Å². The standard InChI is InChI=1S/C30H38N8O4/c1-35-10-12-36(13-11-35)20-7-8-23-24(14-20)32-30(38-9-5-6-21(38)18-39)34-29(23)33-27-17-37(19-31-27)22-15-25(40-2)28(42-4)26(16-22)41-3/h7-8,14-17,19,21,39H,5-6,9-13,18H2,1-4H3,(H,32,33,34)/t21-/m1/s1. The Morgan fingerprint density at radius 2 is 1.69 bits per heavy atom. The molecule has 42 heavy (non-hydrogen) atoms. The van der Waals surface area contributed by atoms with Crippen LogP contribution >= 0.6 is 0 Å². The van der Waals surface area contributed by atoms with E-state index in [1.807, 2.05) is 22.9 Å². The molecular formula is C30H38N8O4. The summed E-state index contributed by atoms with van der Waals surface area (Å²) in [5, 5.41) is 14.3. The summed E-state index contributed by atoms with van der Waals surface area (Å²) >= 11 is 0. The summed E-state index contributed by atoms with van der Waals surface area (Å²) in [6.07, 6.45) is 5.53. The normalized spacial score (nSPS) is 17.6. The fraction of sp³-hybridized carbons (Fsp3) is 0.433. The molecule has 0 spiro atoms. The molecule has 12 heteroatoms. The van der Waals surface area contributed by atoms with Crippen LogP contribution in [0.2, 0.25) is 0 Å². The second-order valence-corrected chi connectivity index (χ2v) is 10.7. The highest BCUT2D eigenvalue weighted by Crippen LogP contribution is 2.39. The van der Waals surface area contributed by atoms with Crippen LogP contribution in [0.4, 0.5) is 23.3 Å². The number of aliphatic hydroxyl groups excluding tert-OH is 1. The molecule has 2 aliphatic rings. The Morgan fingerprint density at radius 1 is 0.929 bits per heavy atom. The molecule has 6 rings (SSSR count). The zero-order valence-corrected chi connectivity index (χ0v) is 24.6. The van der Waals surface area contributed by atoms with Crippen molar-refractivity contribution < 1.29 is 19.3 Å². The fourth-order valence-electron chi connectivity index (χ4n) is 5.75. The summed E-state index contributed by atoms with van der Waals surface area (Å²) in [5.41, 5.74) is 2.81. The van der Waals surface area contributed by atoms with Gasteiger partial charge in [-0.15, -0.1) is 0 Å². The largest absolute Gasteiger partial charge is 0.493 e. The van der Waals surface area contributed by atoms with Crippen molar-refractivity contribution in [2.75, 3.05) is 82.8 Å². The first-order valence-electron chi connectivity index (χ1n) is 14.3. The lowest BCUT2D eigenvalue weighted by Crippen LogP contribution is -2.44. The van der Waals surface area contributed by atoms with E-state index in [9.17, 15) is 5.11 Å². The van der Waals surface area contributed by atoms with E-state index in [2.05, 4.69) is 50.2 Å². The quantitative estimate of drug-likeness (QED) is 0.307. The predicted molar refractivity (Wildman–Crippen MR) is 163 cm³/mol. The molecule has 1 atom stereocenters. The third-order valence-electron chi connectivity index (χ3n) is 8.16. The smallest absolute Gasteiger partial charge is 0.228 e. The third kappa shape index (κ3) is 5.35. The van der Waals surface area contributed by atoms with E-state index in [1.54, 1.807) is 27.7 Å². The van der Waals surface area contributed by atoms with Gasteiger partial charge in [0.05, 0.1) is 51.4 Å². The van der Waals surface area contributed by atoms with Crippen molar-refractivity contribution in [1.29, 1.82) is 0 Å². The molecule has 222 valence electrons. The zero-order valence-electron chi connectivity index (χ0n) is 24.6. The van der Waals surface area contributed by atoms with E-state index < -0.39 is 0 Å². The van der Waals surface area contributed by atoms with Crippen molar-refractivity contribution in [2.24, 2.45) is 0 Å². The lowest BCUT2D eigenvalue weighted by molar-refractivity contribution is 0.265. The number of hydrogen-bond donors (Lipinski definition) is 2. The molecule has 4 aromatic rings. The first-order chi connectivity index (χ1) is 20.5. The van der Waals surface area contributed by atoms with Gasteiger partial charge in [-0.2, -0.15) is 4.98 Å². The van der Waals surface area contributed by atoms with Gasteiger partial charge in [0.1, 0.15) is 18.0 Å². The molecule has 0 amide bonds. The minimum Gasteiger partial charge on any atom is -0.493 e. The van der Waals surface area contributed by atoms with Crippen molar-refractivity contribution in [1.82, 2.24) is 24.4 Å². The Morgan fingerprint density at radius 3 is 2.38 bits per heavy atom. The van der Waals surface area contributed by atoms with Crippen LogP contribution in [-0.4, -0.2) is 103 Å². The molecule has 2 aliphatic heterocycles. The average molecular weight is 575 g/mol. The molecule has 0 radical (unpaired) electrons. The number of aromatic nitrogens is 4. The summed E-state index contributed by atoms with van der Waals surface area (Å²) < 4.78 is 18.4. The average Bonchev–Trinajstić information content (AvgIpc) is 3.70. The van der Waals surface area contributed by atoms with Crippen molar-refractivity contribution in [3.05, 3.63) is 42.9 Å². The number of ether oxygens (including phenoxy) is 3. The van der Waals surface area contributed by atoms with Crippen LogP contribution < -0.4 is 29.3 Å². The minimum atomic E-state index is 0.00959. The number of benzene rings is 2. The minimum absolute atomic E-state index is 0.00959.